The van der Waals surface area contributed by atoms with Gasteiger partial charge in [-0.2, -0.15) is 13.2 Å². The molecule has 2 rings (SSSR count). The predicted molar refractivity (Wildman–Crippen MR) is 89.2 cm³/mol. The summed E-state index contributed by atoms with van der Waals surface area (Å²) in [5.41, 5.74) is -0.345. The molecule has 25 heavy (non-hydrogen) atoms. The molecule has 1 unspecified atom stereocenters. The van der Waals surface area contributed by atoms with Gasteiger partial charge < -0.3 is 15.5 Å². The Hall–Kier alpha value is -1.80. The third-order valence-corrected chi connectivity index (χ3v) is 3.89. The van der Waals surface area contributed by atoms with E-state index in [9.17, 15) is 22.8 Å². The van der Waals surface area contributed by atoms with Gasteiger partial charge in [0.25, 0.3) is 0 Å². The van der Waals surface area contributed by atoms with Gasteiger partial charge in [0.1, 0.15) is 0 Å². The standard InChI is InChI=1S/C16H20F3N3O2.ClH/c1-20-5-6-21-15(24)12-8-14(23)22(10-12)9-11-3-2-4-13(7-11)16(17,18)19;/h2-4,7,12,20H,5-6,8-10H2,1H3,(H,21,24);1H. The highest BCUT2D eigenvalue weighted by atomic mass is 35.5. The fourth-order valence-corrected chi connectivity index (χ4v) is 2.62. The van der Waals surface area contributed by atoms with Crippen molar-refractivity contribution in [3.8, 4) is 0 Å². The van der Waals surface area contributed by atoms with E-state index in [1.54, 1.807) is 13.1 Å². The first-order chi connectivity index (χ1) is 11.3. The molecule has 9 heteroatoms. The average Bonchev–Trinajstić information content (AvgIpc) is 2.88. The van der Waals surface area contributed by atoms with Gasteiger partial charge in [-0.05, 0) is 24.7 Å². The van der Waals surface area contributed by atoms with E-state index in [0.717, 1.165) is 12.1 Å². The van der Waals surface area contributed by atoms with Crippen molar-refractivity contribution in [3.05, 3.63) is 35.4 Å². The number of likely N-dealkylation sites (N-methyl/N-ethyl adjacent to an activating group) is 1. The molecular formula is C16H21ClF3N3O2. The molecule has 0 saturated carbocycles. The van der Waals surface area contributed by atoms with Crippen molar-refractivity contribution in [1.82, 2.24) is 15.5 Å². The average molecular weight is 380 g/mol. The van der Waals surface area contributed by atoms with Gasteiger partial charge in [0.2, 0.25) is 11.8 Å². The summed E-state index contributed by atoms with van der Waals surface area (Å²) >= 11 is 0. The van der Waals surface area contributed by atoms with Crippen LogP contribution in [0.25, 0.3) is 0 Å². The van der Waals surface area contributed by atoms with Crippen LogP contribution in [-0.4, -0.2) is 43.4 Å². The van der Waals surface area contributed by atoms with E-state index in [0.29, 0.717) is 18.7 Å². The monoisotopic (exact) mass is 379 g/mol. The van der Waals surface area contributed by atoms with E-state index in [1.165, 1.54) is 11.0 Å². The second-order valence-electron chi connectivity index (χ2n) is 5.77. The molecule has 1 heterocycles. The summed E-state index contributed by atoms with van der Waals surface area (Å²) in [4.78, 5) is 25.4. The molecule has 0 spiro atoms. The Morgan fingerprint density at radius 1 is 1.32 bits per heavy atom. The van der Waals surface area contributed by atoms with Gasteiger partial charge in [-0.3, -0.25) is 9.59 Å². The van der Waals surface area contributed by atoms with Gasteiger partial charge >= 0.3 is 6.18 Å². The van der Waals surface area contributed by atoms with Crippen molar-refractivity contribution < 1.29 is 22.8 Å². The molecule has 0 bridgehead atoms. The second-order valence-corrected chi connectivity index (χ2v) is 5.77. The molecule has 0 aromatic heterocycles. The Bertz CT molecular complexity index is 611. The molecule has 1 aliphatic heterocycles. The van der Waals surface area contributed by atoms with Crippen molar-refractivity contribution >= 4 is 24.2 Å². The molecule has 1 aromatic rings. The fraction of sp³-hybridized carbons (Fsp3) is 0.500. The minimum absolute atomic E-state index is 0. The van der Waals surface area contributed by atoms with Crippen molar-refractivity contribution in [2.75, 3.05) is 26.7 Å². The summed E-state index contributed by atoms with van der Waals surface area (Å²) in [6.45, 7) is 1.39. The largest absolute Gasteiger partial charge is 0.416 e. The first-order valence-electron chi connectivity index (χ1n) is 7.67. The van der Waals surface area contributed by atoms with Crippen LogP contribution in [0, 0.1) is 5.92 Å². The number of halogens is 4. The Morgan fingerprint density at radius 3 is 2.68 bits per heavy atom. The maximum absolute atomic E-state index is 12.7. The number of nitrogens with zero attached hydrogens (tertiary/aromatic N) is 1. The number of amides is 2. The molecule has 1 fully saturated rings. The first kappa shape index (κ1) is 21.2. The van der Waals surface area contributed by atoms with Gasteiger partial charge in [-0.15, -0.1) is 12.4 Å². The number of hydrogen-bond acceptors (Lipinski definition) is 3. The number of alkyl halides is 3. The lowest BCUT2D eigenvalue weighted by molar-refractivity contribution is -0.137. The number of carbonyl (C=O) groups excluding carboxylic acids is 2. The summed E-state index contributed by atoms with van der Waals surface area (Å²) in [6.07, 6.45) is -4.33. The summed E-state index contributed by atoms with van der Waals surface area (Å²) in [5, 5.41) is 5.63. The minimum Gasteiger partial charge on any atom is -0.355 e. The number of likely N-dealkylation sites (tertiary alicyclic amines) is 1. The highest BCUT2D eigenvalue weighted by Crippen LogP contribution is 2.30. The Morgan fingerprint density at radius 2 is 2.04 bits per heavy atom. The first-order valence-corrected chi connectivity index (χ1v) is 7.67. The molecule has 2 N–H and O–H groups in total. The number of carbonyl (C=O) groups is 2. The summed E-state index contributed by atoms with van der Waals surface area (Å²) in [6, 6.07) is 4.89. The minimum atomic E-state index is -4.42. The van der Waals surface area contributed by atoms with Crippen LogP contribution in [0.3, 0.4) is 0 Å². The molecule has 0 radical (unpaired) electrons. The lowest BCUT2D eigenvalue weighted by Gasteiger charge is -2.17. The molecule has 1 atom stereocenters. The maximum atomic E-state index is 12.7. The van der Waals surface area contributed by atoms with Crippen LogP contribution in [-0.2, 0) is 22.3 Å². The van der Waals surface area contributed by atoms with E-state index in [2.05, 4.69) is 10.6 Å². The number of hydrogen-bond donors (Lipinski definition) is 2. The maximum Gasteiger partial charge on any atom is 0.416 e. The third-order valence-electron chi connectivity index (χ3n) is 3.89. The Labute approximate surface area is 150 Å². The highest BCUT2D eigenvalue weighted by Gasteiger charge is 2.35. The number of rotatable bonds is 6. The van der Waals surface area contributed by atoms with Crippen molar-refractivity contribution in [3.63, 3.8) is 0 Å². The number of nitrogens with one attached hydrogen (secondary N) is 2. The Balaban J connectivity index is 0.00000312. The van der Waals surface area contributed by atoms with Gasteiger partial charge in [-0.1, -0.05) is 12.1 Å². The van der Waals surface area contributed by atoms with E-state index in [4.69, 9.17) is 0 Å². The van der Waals surface area contributed by atoms with Crippen LogP contribution < -0.4 is 10.6 Å². The van der Waals surface area contributed by atoms with Gasteiger partial charge in [0.15, 0.2) is 0 Å². The van der Waals surface area contributed by atoms with Crippen molar-refractivity contribution in [2.45, 2.75) is 19.1 Å². The lowest BCUT2D eigenvalue weighted by atomic mass is 10.1. The number of benzene rings is 1. The third kappa shape index (κ3) is 5.89. The van der Waals surface area contributed by atoms with Gasteiger partial charge in [0.05, 0.1) is 11.5 Å². The fourth-order valence-electron chi connectivity index (χ4n) is 2.62. The topological polar surface area (TPSA) is 61.4 Å². The summed E-state index contributed by atoms with van der Waals surface area (Å²) in [5.74, 6) is -0.883. The lowest BCUT2D eigenvalue weighted by Crippen LogP contribution is -2.36. The zero-order chi connectivity index (χ0) is 17.7. The zero-order valence-corrected chi connectivity index (χ0v) is 14.5. The van der Waals surface area contributed by atoms with Gasteiger partial charge in [0, 0.05) is 32.6 Å². The molecule has 2 amide bonds. The second kappa shape index (κ2) is 9.05. The van der Waals surface area contributed by atoms with Crippen LogP contribution >= 0.6 is 12.4 Å². The van der Waals surface area contributed by atoms with E-state index < -0.39 is 17.7 Å². The molecule has 1 aliphatic rings. The smallest absolute Gasteiger partial charge is 0.355 e. The van der Waals surface area contributed by atoms with E-state index in [1.807, 2.05) is 0 Å². The predicted octanol–water partition coefficient (Wildman–Crippen LogP) is 1.81. The van der Waals surface area contributed by atoms with Crippen LogP contribution in [0.15, 0.2) is 24.3 Å². The zero-order valence-electron chi connectivity index (χ0n) is 13.7. The molecule has 140 valence electrons. The van der Waals surface area contributed by atoms with Gasteiger partial charge in [-0.25, -0.2) is 0 Å². The van der Waals surface area contributed by atoms with Crippen LogP contribution in [0.2, 0.25) is 0 Å². The SMILES string of the molecule is CNCCNC(=O)C1CC(=O)N(Cc2cccc(C(F)(F)F)c2)C1.Cl. The summed E-state index contributed by atoms with van der Waals surface area (Å²) in [7, 11) is 1.77. The Kier molecular flexibility index (Phi) is 7.69. The van der Waals surface area contributed by atoms with E-state index >= 15 is 0 Å². The van der Waals surface area contributed by atoms with Crippen molar-refractivity contribution in [2.24, 2.45) is 5.92 Å². The normalized spacial score (nSPS) is 17.4. The van der Waals surface area contributed by atoms with Crippen molar-refractivity contribution in [1.29, 1.82) is 0 Å². The molecule has 5 nitrogen and oxygen atoms in total. The van der Waals surface area contributed by atoms with Crippen LogP contribution in [0.1, 0.15) is 17.5 Å². The highest BCUT2D eigenvalue weighted by molar-refractivity contribution is 5.89. The molecular weight excluding hydrogens is 359 g/mol. The quantitative estimate of drug-likeness (QED) is 0.741. The molecule has 1 aromatic carbocycles. The molecule has 1 saturated heterocycles. The molecule has 0 aliphatic carbocycles. The van der Waals surface area contributed by atoms with E-state index in [-0.39, 0.29) is 43.7 Å². The van der Waals surface area contributed by atoms with Crippen LogP contribution in [0.4, 0.5) is 13.2 Å². The van der Waals surface area contributed by atoms with Crippen LogP contribution in [0.5, 0.6) is 0 Å². The summed E-state index contributed by atoms with van der Waals surface area (Å²) < 4.78 is 38.2.